The van der Waals surface area contributed by atoms with E-state index < -0.39 is 5.41 Å². The fourth-order valence-corrected chi connectivity index (χ4v) is 5.44. The van der Waals surface area contributed by atoms with Crippen LogP contribution in [0, 0.1) is 0 Å². The third kappa shape index (κ3) is 3.59. The van der Waals surface area contributed by atoms with Gasteiger partial charge in [-0.15, -0.1) is 0 Å². The number of hydrogen-bond acceptors (Lipinski definition) is 6. The highest BCUT2D eigenvalue weighted by atomic mass is 16.2. The van der Waals surface area contributed by atoms with Gasteiger partial charge in [-0.25, -0.2) is 15.0 Å². The smallest absolute Gasteiger partial charge is 0.287 e. The standard InChI is InChI=1S/C27H27N7O2/c1-33-22-21(32-24(33)25(35)28-14-11-18-7-3-2-4-8-18)23(30-17-29-22)34-15-12-27(13-16-34)19-9-5-6-10-20(19)31-26(27)36/h2-10,17H,11-16H2,1H3,(H,28,35)(H,31,36). The zero-order valence-corrected chi connectivity index (χ0v) is 20.1. The van der Waals surface area contributed by atoms with Crippen LogP contribution < -0.4 is 15.5 Å². The number of aromatic nitrogens is 4. The fraction of sp³-hybridized carbons (Fsp3) is 0.296. The Hall–Kier alpha value is -4.27. The van der Waals surface area contributed by atoms with Crippen molar-refractivity contribution in [1.82, 2.24) is 24.8 Å². The minimum Gasteiger partial charge on any atom is -0.355 e. The number of piperidine rings is 1. The van der Waals surface area contributed by atoms with Gasteiger partial charge < -0.3 is 20.1 Å². The zero-order valence-electron chi connectivity index (χ0n) is 20.1. The highest BCUT2D eigenvalue weighted by Gasteiger charge is 2.48. The minimum absolute atomic E-state index is 0.0727. The van der Waals surface area contributed by atoms with E-state index in [0.717, 1.165) is 23.2 Å². The Morgan fingerprint density at radius 1 is 1.06 bits per heavy atom. The largest absolute Gasteiger partial charge is 0.355 e. The number of carbonyl (C=O) groups excluding carboxylic acids is 2. The van der Waals surface area contributed by atoms with E-state index >= 15 is 0 Å². The maximum atomic E-state index is 12.9. The Labute approximate surface area is 208 Å². The minimum atomic E-state index is -0.507. The molecule has 0 aliphatic carbocycles. The van der Waals surface area contributed by atoms with Gasteiger partial charge in [0.25, 0.3) is 5.91 Å². The van der Waals surface area contributed by atoms with E-state index in [1.54, 1.807) is 11.6 Å². The highest BCUT2D eigenvalue weighted by molar-refractivity contribution is 6.06. The lowest BCUT2D eigenvalue weighted by atomic mass is 9.73. The molecule has 1 fully saturated rings. The van der Waals surface area contributed by atoms with E-state index in [0.29, 0.717) is 55.3 Å². The van der Waals surface area contributed by atoms with Crippen LogP contribution in [0.4, 0.5) is 11.5 Å². The molecule has 6 rings (SSSR count). The number of nitrogens with zero attached hydrogens (tertiary/aromatic N) is 5. The van der Waals surface area contributed by atoms with Crippen molar-refractivity contribution in [1.29, 1.82) is 0 Å². The van der Waals surface area contributed by atoms with E-state index in [9.17, 15) is 9.59 Å². The molecule has 182 valence electrons. The molecule has 2 aliphatic heterocycles. The first-order valence-electron chi connectivity index (χ1n) is 12.2. The first-order chi connectivity index (χ1) is 17.6. The Kier molecular flexibility index (Phi) is 5.40. The van der Waals surface area contributed by atoms with Crippen LogP contribution in [0.2, 0.25) is 0 Å². The molecular formula is C27H27N7O2. The molecule has 9 nitrogen and oxygen atoms in total. The normalized spacial score (nSPS) is 16.2. The van der Waals surface area contributed by atoms with Gasteiger partial charge in [-0.2, -0.15) is 0 Å². The molecule has 0 bridgehead atoms. The first-order valence-corrected chi connectivity index (χ1v) is 12.2. The lowest BCUT2D eigenvalue weighted by molar-refractivity contribution is -0.121. The van der Waals surface area contributed by atoms with Gasteiger partial charge in [0.2, 0.25) is 11.7 Å². The number of aryl methyl sites for hydroxylation is 1. The summed E-state index contributed by atoms with van der Waals surface area (Å²) in [7, 11) is 1.79. The second-order valence-electron chi connectivity index (χ2n) is 9.42. The number of benzene rings is 2. The number of carbonyl (C=O) groups is 2. The van der Waals surface area contributed by atoms with Gasteiger partial charge in [-0.1, -0.05) is 48.5 Å². The SMILES string of the molecule is Cn1c(C(=O)NCCc2ccccc2)nc2c(N3CCC4(CC3)C(=O)Nc3ccccc34)ncnc21. The third-order valence-corrected chi connectivity index (χ3v) is 7.42. The molecule has 2 amide bonds. The fourth-order valence-electron chi connectivity index (χ4n) is 5.44. The van der Waals surface area contributed by atoms with E-state index in [1.807, 2.05) is 54.6 Å². The van der Waals surface area contributed by atoms with Crippen LogP contribution in [-0.4, -0.2) is 51.0 Å². The summed E-state index contributed by atoms with van der Waals surface area (Å²) in [5.41, 5.74) is 3.85. The summed E-state index contributed by atoms with van der Waals surface area (Å²) in [5.74, 6) is 0.829. The number of imidazole rings is 1. The Morgan fingerprint density at radius 2 is 1.81 bits per heavy atom. The molecule has 9 heteroatoms. The monoisotopic (exact) mass is 481 g/mol. The maximum Gasteiger partial charge on any atom is 0.287 e. The lowest BCUT2D eigenvalue weighted by Crippen LogP contribution is -2.46. The van der Waals surface area contributed by atoms with Crippen LogP contribution in [0.15, 0.2) is 60.9 Å². The molecule has 4 heterocycles. The average molecular weight is 482 g/mol. The number of amides is 2. The molecule has 4 aromatic rings. The number of para-hydroxylation sites is 1. The van der Waals surface area contributed by atoms with Gasteiger partial charge in [-0.3, -0.25) is 9.59 Å². The number of hydrogen-bond donors (Lipinski definition) is 2. The van der Waals surface area contributed by atoms with Crippen molar-refractivity contribution in [3.63, 3.8) is 0 Å². The van der Waals surface area contributed by atoms with Crippen molar-refractivity contribution in [3.05, 3.63) is 77.9 Å². The molecule has 2 N–H and O–H groups in total. The molecule has 0 unspecified atom stereocenters. The number of rotatable bonds is 5. The second-order valence-corrected chi connectivity index (χ2v) is 9.42. The summed E-state index contributed by atoms with van der Waals surface area (Å²) < 4.78 is 1.71. The van der Waals surface area contributed by atoms with Crippen molar-refractivity contribution < 1.29 is 9.59 Å². The number of fused-ring (bicyclic) bond motifs is 3. The van der Waals surface area contributed by atoms with Crippen LogP contribution in [0.5, 0.6) is 0 Å². The summed E-state index contributed by atoms with van der Waals surface area (Å²) in [6.07, 6.45) is 3.62. The van der Waals surface area contributed by atoms with Gasteiger partial charge in [-0.05, 0) is 36.5 Å². The van der Waals surface area contributed by atoms with Gasteiger partial charge in [0.15, 0.2) is 17.0 Å². The molecule has 0 saturated carbocycles. The molecular weight excluding hydrogens is 454 g/mol. The predicted octanol–water partition coefficient (Wildman–Crippen LogP) is 2.83. The molecule has 0 atom stereocenters. The summed E-state index contributed by atoms with van der Waals surface area (Å²) in [6.45, 7) is 1.83. The third-order valence-electron chi connectivity index (χ3n) is 7.42. The Morgan fingerprint density at radius 3 is 2.61 bits per heavy atom. The van der Waals surface area contributed by atoms with Crippen LogP contribution in [0.3, 0.4) is 0 Å². The topological polar surface area (TPSA) is 105 Å². The molecule has 1 saturated heterocycles. The zero-order chi connectivity index (χ0) is 24.7. The summed E-state index contributed by atoms with van der Waals surface area (Å²) in [4.78, 5) is 41.6. The van der Waals surface area contributed by atoms with E-state index in [4.69, 9.17) is 0 Å². The molecule has 1 spiro atoms. The predicted molar refractivity (Wildman–Crippen MR) is 137 cm³/mol. The maximum absolute atomic E-state index is 12.9. The first kappa shape index (κ1) is 22.2. The van der Waals surface area contributed by atoms with Crippen molar-refractivity contribution in [2.24, 2.45) is 7.05 Å². The van der Waals surface area contributed by atoms with Gasteiger partial charge in [0.1, 0.15) is 6.33 Å². The van der Waals surface area contributed by atoms with Crippen molar-refractivity contribution >= 4 is 34.5 Å². The van der Waals surface area contributed by atoms with E-state index in [2.05, 4.69) is 30.5 Å². The van der Waals surface area contributed by atoms with Crippen LogP contribution in [-0.2, 0) is 23.7 Å². The molecule has 0 radical (unpaired) electrons. The van der Waals surface area contributed by atoms with Crippen LogP contribution in [0.25, 0.3) is 11.2 Å². The molecule has 2 aromatic carbocycles. The summed E-state index contributed by atoms with van der Waals surface area (Å²) in [5, 5.41) is 6.02. The van der Waals surface area contributed by atoms with E-state index in [1.165, 1.54) is 6.33 Å². The quantitative estimate of drug-likeness (QED) is 0.454. The van der Waals surface area contributed by atoms with Crippen LogP contribution in [0.1, 0.15) is 34.6 Å². The highest BCUT2D eigenvalue weighted by Crippen LogP contribution is 2.45. The van der Waals surface area contributed by atoms with Crippen molar-refractivity contribution in [3.8, 4) is 0 Å². The molecule has 2 aromatic heterocycles. The molecule has 2 aliphatic rings. The number of anilines is 2. The molecule has 36 heavy (non-hydrogen) atoms. The Balaban J connectivity index is 1.21. The van der Waals surface area contributed by atoms with Crippen molar-refractivity contribution in [2.75, 3.05) is 29.9 Å². The van der Waals surface area contributed by atoms with Gasteiger partial charge in [0, 0.05) is 32.4 Å². The lowest BCUT2D eigenvalue weighted by Gasteiger charge is -2.38. The summed E-state index contributed by atoms with van der Waals surface area (Å²) >= 11 is 0. The van der Waals surface area contributed by atoms with Crippen LogP contribution >= 0.6 is 0 Å². The second kappa shape index (κ2) is 8.75. The van der Waals surface area contributed by atoms with Gasteiger partial charge in [0.05, 0.1) is 5.41 Å². The summed E-state index contributed by atoms with van der Waals surface area (Å²) in [6, 6.07) is 18.0. The van der Waals surface area contributed by atoms with Gasteiger partial charge >= 0.3 is 0 Å². The average Bonchev–Trinajstić information content (AvgIpc) is 3.39. The number of nitrogens with one attached hydrogen (secondary N) is 2. The van der Waals surface area contributed by atoms with E-state index in [-0.39, 0.29) is 11.8 Å². The van der Waals surface area contributed by atoms with Crippen molar-refractivity contribution in [2.45, 2.75) is 24.7 Å². The Bertz CT molecular complexity index is 1460.